The Labute approximate surface area is 112 Å². The molecule has 0 radical (unpaired) electrons. The zero-order chi connectivity index (χ0) is 12.1. The zero-order valence-corrected chi connectivity index (χ0v) is 11.9. The molecule has 1 aliphatic rings. The van der Waals surface area contributed by atoms with Gasteiger partial charge in [0.2, 0.25) is 0 Å². The lowest BCUT2D eigenvalue weighted by Gasteiger charge is -2.23. The number of ether oxygens (including phenoxy) is 1. The van der Waals surface area contributed by atoms with Crippen LogP contribution in [0, 0.1) is 5.92 Å². The van der Waals surface area contributed by atoms with Gasteiger partial charge in [0.1, 0.15) is 0 Å². The van der Waals surface area contributed by atoms with Crippen LogP contribution in [0.2, 0.25) is 0 Å². The Bertz CT molecular complexity index is 333. The summed E-state index contributed by atoms with van der Waals surface area (Å²) < 4.78 is 6.64. The van der Waals surface area contributed by atoms with E-state index in [4.69, 9.17) is 4.74 Å². The van der Waals surface area contributed by atoms with Gasteiger partial charge in [0.05, 0.1) is 6.61 Å². The fourth-order valence-electron chi connectivity index (χ4n) is 2.41. The number of halogens is 1. The minimum Gasteiger partial charge on any atom is -0.381 e. The zero-order valence-electron chi connectivity index (χ0n) is 10.3. The third-order valence-electron chi connectivity index (χ3n) is 3.37. The molecule has 1 heterocycles. The van der Waals surface area contributed by atoms with Crippen molar-refractivity contribution in [1.29, 1.82) is 0 Å². The molecular weight excluding hydrogens is 278 g/mol. The largest absolute Gasteiger partial charge is 0.381 e. The number of nitrogens with one attached hydrogen (secondary N) is 1. The molecule has 0 bridgehead atoms. The summed E-state index contributed by atoms with van der Waals surface area (Å²) in [5.41, 5.74) is 1.39. The lowest BCUT2D eigenvalue weighted by molar-refractivity contribution is 0.176. The van der Waals surface area contributed by atoms with Crippen molar-refractivity contribution in [3.63, 3.8) is 0 Å². The molecule has 2 atom stereocenters. The molecule has 2 rings (SSSR count). The van der Waals surface area contributed by atoms with E-state index in [1.165, 1.54) is 12.0 Å². The Morgan fingerprint density at radius 2 is 2.18 bits per heavy atom. The average Bonchev–Trinajstić information content (AvgIpc) is 2.85. The van der Waals surface area contributed by atoms with Gasteiger partial charge in [0.25, 0.3) is 0 Å². The van der Waals surface area contributed by atoms with Gasteiger partial charge in [0, 0.05) is 23.0 Å². The van der Waals surface area contributed by atoms with E-state index >= 15 is 0 Å². The summed E-state index contributed by atoms with van der Waals surface area (Å²) in [7, 11) is 0. The third kappa shape index (κ3) is 3.80. The molecular formula is C14H20BrNO. The summed E-state index contributed by atoms with van der Waals surface area (Å²) in [5.74, 6) is 0.665. The van der Waals surface area contributed by atoms with Crippen LogP contribution < -0.4 is 5.32 Å². The summed E-state index contributed by atoms with van der Waals surface area (Å²) in [6.45, 7) is 5.03. The number of hydrogen-bond acceptors (Lipinski definition) is 2. The number of hydrogen-bond donors (Lipinski definition) is 1. The van der Waals surface area contributed by atoms with Crippen LogP contribution in [0.25, 0.3) is 0 Å². The van der Waals surface area contributed by atoms with E-state index < -0.39 is 0 Å². The lowest BCUT2D eigenvalue weighted by Crippen LogP contribution is -2.38. The highest BCUT2D eigenvalue weighted by Gasteiger charge is 2.25. The summed E-state index contributed by atoms with van der Waals surface area (Å²) in [6, 6.07) is 9.17. The van der Waals surface area contributed by atoms with E-state index in [9.17, 15) is 0 Å². The average molecular weight is 298 g/mol. The van der Waals surface area contributed by atoms with E-state index in [1.807, 2.05) is 0 Å². The fraction of sp³-hybridized carbons (Fsp3) is 0.571. The smallest absolute Gasteiger partial charge is 0.0510 e. The van der Waals surface area contributed by atoms with Crippen molar-refractivity contribution in [2.24, 2.45) is 5.92 Å². The summed E-state index contributed by atoms with van der Waals surface area (Å²) in [6.07, 6.45) is 2.28. The third-order valence-corrected chi connectivity index (χ3v) is 3.90. The molecule has 3 heteroatoms. The molecule has 1 aromatic rings. The van der Waals surface area contributed by atoms with Gasteiger partial charge >= 0.3 is 0 Å². The van der Waals surface area contributed by atoms with Crippen molar-refractivity contribution in [2.75, 3.05) is 19.8 Å². The maximum atomic E-state index is 5.49. The van der Waals surface area contributed by atoms with Gasteiger partial charge in [-0.1, -0.05) is 35.0 Å². The van der Waals surface area contributed by atoms with Crippen LogP contribution in [-0.2, 0) is 11.2 Å². The second-order valence-corrected chi connectivity index (χ2v) is 5.53. The Morgan fingerprint density at radius 3 is 2.76 bits per heavy atom. The van der Waals surface area contributed by atoms with E-state index in [1.54, 1.807) is 0 Å². The van der Waals surface area contributed by atoms with Crippen LogP contribution in [0.5, 0.6) is 0 Å². The quantitative estimate of drug-likeness (QED) is 0.902. The molecule has 2 unspecified atom stereocenters. The molecule has 0 saturated carbocycles. The summed E-state index contributed by atoms with van der Waals surface area (Å²) in [5, 5.41) is 3.60. The van der Waals surface area contributed by atoms with Gasteiger partial charge in [0.15, 0.2) is 0 Å². The van der Waals surface area contributed by atoms with Gasteiger partial charge in [-0.2, -0.15) is 0 Å². The van der Waals surface area contributed by atoms with Crippen molar-refractivity contribution in [2.45, 2.75) is 25.8 Å². The normalized spacial score (nSPS) is 21.6. The van der Waals surface area contributed by atoms with Gasteiger partial charge in [-0.3, -0.25) is 0 Å². The first kappa shape index (κ1) is 13.1. The molecule has 1 aliphatic heterocycles. The molecule has 1 N–H and O–H groups in total. The molecule has 0 aromatic heterocycles. The number of benzene rings is 1. The van der Waals surface area contributed by atoms with E-state index in [-0.39, 0.29) is 0 Å². The number of rotatable bonds is 5. The topological polar surface area (TPSA) is 21.3 Å². The first-order valence-electron chi connectivity index (χ1n) is 6.35. The predicted octanol–water partition coefficient (Wildman–Crippen LogP) is 3.01. The van der Waals surface area contributed by atoms with Crippen LogP contribution in [0.4, 0.5) is 0 Å². The Morgan fingerprint density at radius 1 is 1.41 bits per heavy atom. The van der Waals surface area contributed by atoms with Crippen molar-refractivity contribution in [3.8, 4) is 0 Å². The predicted molar refractivity (Wildman–Crippen MR) is 74.2 cm³/mol. The van der Waals surface area contributed by atoms with E-state index in [0.29, 0.717) is 12.0 Å². The molecule has 0 aliphatic carbocycles. The number of likely N-dealkylation sites (N-methyl/N-ethyl adjacent to an activating group) is 1. The second-order valence-electron chi connectivity index (χ2n) is 4.62. The SMILES string of the molecule is CCNC(Cc1ccc(Br)cc1)C1CCOC1. The Kier molecular flexibility index (Phi) is 5.01. The maximum Gasteiger partial charge on any atom is 0.0510 e. The standard InChI is InChI=1S/C14H20BrNO/c1-2-16-14(12-7-8-17-10-12)9-11-3-5-13(15)6-4-11/h3-6,12,14,16H,2,7-10H2,1H3. The van der Waals surface area contributed by atoms with Gasteiger partial charge in [-0.15, -0.1) is 0 Å². The first-order chi connectivity index (χ1) is 8.29. The van der Waals surface area contributed by atoms with Gasteiger partial charge < -0.3 is 10.1 Å². The van der Waals surface area contributed by atoms with Crippen LogP contribution >= 0.6 is 15.9 Å². The Hall–Kier alpha value is -0.380. The van der Waals surface area contributed by atoms with Crippen LogP contribution in [0.3, 0.4) is 0 Å². The molecule has 2 nitrogen and oxygen atoms in total. The summed E-state index contributed by atoms with van der Waals surface area (Å²) in [4.78, 5) is 0. The van der Waals surface area contributed by atoms with Crippen LogP contribution in [0.15, 0.2) is 28.7 Å². The van der Waals surface area contributed by atoms with Crippen molar-refractivity contribution in [1.82, 2.24) is 5.32 Å². The highest BCUT2D eigenvalue weighted by Crippen LogP contribution is 2.20. The molecule has 1 aromatic carbocycles. The molecule has 94 valence electrons. The van der Waals surface area contributed by atoms with Gasteiger partial charge in [-0.25, -0.2) is 0 Å². The van der Waals surface area contributed by atoms with Gasteiger partial charge in [-0.05, 0) is 37.1 Å². The highest BCUT2D eigenvalue weighted by molar-refractivity contribution is 9.10. The van der Waals surface area contributed by atoms with Crippen molar-refractivity contribution >= 4 is 15.9 Å². The van der Waals surface area contributed by atoms with Crippen LogP contribution in [0.1, 0.15) is 18.9 Å². The molecule has 0 amide bonds. The molecule has 1 fully saturated rings. The molecule has 1 saturated heterocycles. The second kappa shape index (κ2) is 6.53. The monoisotopic (exact) mass is 297 g/mol. The molecule has 17 heavy (non-hydrogen) atoms. The first-order valence-corrected chi connectivity index (χ1v) is 7.14. The van der Waals surface area contributed by atoms with E-state index in [0.717, 1.165) is 30.7 Å². The highest BCUT2D eigenvalue weighted by atomic mass is 79.9. The Balaban J connectivity index is 1.98. The van der Waals surface area contributed by atoms with Crippen molar-refractivity contribution < 1.29 is 4.74 Å². The lowest BCUT2D eigenvalue weighted by atomic mass is 9.93. The maximum absolute atomic E-state index is 5.49. The fourth-order valence-corrected chi connectivity index (χ4v) is 2.68. The van der Waals surface area contributed by atoms with Crippen molar-refractivity contribution in [3.05, 3.63) is 34.3 Å². The minimum atomic E-state index is 0.545. The summed E-state index contributed by atoms with van der Waals surface area (Å²) >= 11 is 3.47. The van der Waals surface area contributed by atoms with Crippen LogP contribution in [-0.4, -0.2) is 25.8 Å². The van der Waals surface area contributed by atoms with E-state index in [2.05, 4.69) is 52.4 Å². The minimum absolute atomic E-state index is 0.545. The molecule has 0 spiro atoms.